The van der Waals surface area contributed by atoms with Gasteiger partial charge < -0.3 is 24.6 Å². The Morgan fingerprint density at radius 3 is 2.61 bits per heavy atom. The summed E-state index contributed by atoms with van der Waals surface area (Å²) in [4.78, 5) is 41.5. The van der Waals surface area contributed by atoms with Gasteiger partial charge in [-0.2, -0.15) is 0 Å². The van der Waals surface area contributed by atoms with Gasteiger partial charge in [0.2, 0.25) is 5.91 Å². The molecule has 1 aromatic rings. The first kappa shape index (κ1) is 20.2. The van der Waals surface area contributed by atoms with Crippen molar-refractivity contribution in [3.8, 4) is 5.75 Å². The summed E-state index contributed by atoms with van der Waals surface area (Å²) in [6.45, 7) is 4.23. The number of rotatable bonds is 2. The van der Waals surface area contributed by atoms with Crippen LogP contribution in [0.15, 0.2) is 24.3 Å². The molecule has 1 spiro atoms. The van der Waals surface area contributed by atoms with Gasteiger partial charge in [0.1, 0.15) is 5.75 Å². The highest BCUT2D eigenvalue weighted by atomic mass is 16.6. The molecule has 0 unspecified atom stereocenters. The van der Waals surface area contributed by atoms with Gasteiger partial charge in [0.05, 0.1) is 12.2 Å². The van der Waals surface area contributed by atoms with E-state index in [2.05, 4.69) is 5.32 Å². The Bertz CT molecular complexity index is 897. The Hall–Kier alpha value is -2.77. The highest BCUT2D eigenvalue weighted by Crippen LogP contribution is 2.52. The maximum absolute atomic E-state index is 13.3. The van der Waals surface area contributed by atoms with Crippen LogP contribution in [0.1, 0.15) is 43.0 Å². The van der Waals surface area contributed by atoms with Crippen LogP contribution < -0.4 is 10.1 Å². The molecule has 2 bridgehead atoms. The number of para-hydroxylation sites is 1. The molecular weight excluding hydrogens is 398 g/mol. The molecule has 8 heteroatoms. The summed E-state index contributed by atoms with van der Waals surface area (Å²) in [5.74, 6) is 0.978. The van der Waals surface area contributed by atoms with Crippen LogP contribution in [0.25, 0.3) is 0 Å². The molecule has 4 atom stereocenters. The van der Waals surface area contributed by atoms with Crippen LogP contribution in [0.3, 0.4) is 0 Å². The third-order valence-electron chi connectivity index (χ3n) is 7.40. The van der Waals surface area contributed by atoms with Gasteiger partial charge in [0.15, 0.2) is 5.72 Å². The maximum Gasteiger partial charge on any atom is 0.409 e. The van der Waals surface area contributed by atoms with E-state index >= 15 is 0 Å². The van der Waals surface area contributed by atoms with Gasteiger partial charge >= 0.3 is 6.09 Å². The van der Waals surface area contributed by atoms with Crippen molar-refractivity contribution >= 4 is 17.9 Å². The van der Waals surface area contributed by atoms with E-state index in [4.69, 9.17) is 9.47 Å². The number of amides is 3. The van der Waals surface area contributed by atoms with Crippen LogP contribution in [-0.2, 0) is 9.53 Å². The average molecular weight is 428 g/mol. The minimum atomic E-state index is -0.701. The van der Waals surface area contributed by atoms with Gasteiger partial charge in [-0.25, -0.2) is 4.79 Å². The zero-order valence-corrected chi connectivity index (χ0v) is 17.8. The molecule has 1 N–H and O–H groups in total. The summed E-state index contributed by atoms with van der Waals surface area (Å²) >= 11 is 0. The lowest BCUT2D eigenvalue weighted by atomic mass is 9.59. The number of piperazine rings is 1. The Morgan fingerprint density at radius 1 is 1.16 bits per heavy atom. The predicted octanol–water partition coefficient (Wildman–Crippen LogP) is 2.24. The predicted molar refractivity (Wildman–Crippen MR) is 111 cm³/mol. The van der Waals surface area contributed by atoms with E-state index in [9.17, 15) is 14.4 Å². The van der Waals surface area contributed by atoms with Gasteiger partial charge in [0, 0.05) is 44.4 Å². The van der Waals surface area contributed by atoms with Gasteiger partial charge in [-0.15, -0.1) is 0 Å². The highest BCUT2D eigenvalue weighted by molar-refractivity contribution is 5.98. The molecule has 31 heavy (non-hydrogen) atoms. The summed E-state index contributed by atoms with van der Waals surface area (Å²) in [6.07, 6.45) is 3.01. The molecule has 0 aromatic heterocycles. The van der Waals surface area contributed by atoms with Crippen LogP contribution in [0.5, 0.6) is 5.75 Å². The molecule has 3 aliphatic carbocycles. The molecule has 1 aromatic carbocycles. The lowest BCUT2D eigenvalue weighted by molar-refractivity contribution is -0.156. The average Bonchev–Trinajstić information content (AvgIpc) is 2.79. The largest absolute Gasteiger partial charge is 0.467 e. The fourth-order valence-electron chi connectivity index (χ4n) is 5.82. The maximum atomic E-state index is 13.3. The first-order chi connectivity index (χ1) is 15.0. The monoisotopic (exact) mass is 427 g/mol. The SMILES string of the molecule is CCOC(=O)N1CCN(C(=O)[C@@H]2C[C@@H]3CC[C@@H]2C[C@@]32NC(=O)c3ccccc3O2)CC1. The second-order valence-electron chi connectivity index (χ2n) is 9.03. The van der Waals surface area contributed by atoms with Crippen molar-refractivity contribution in [2.75, 3.05) is 32.8 Å². The lowest BCUT2D eigenvalue weighted by Crippen LogP contribution is -2.67. The fraction of sp³-hybridized carbons (Fsp3) is 0.609. The second-order valence-corrected chi connectivity index (χ2v) is 9.03. The number of carbonyl (C=O) groups is 3. The van der Waals surface area contributed by atoms with Gasteiger partial charge in [-0.3, -0.25) is 9.59 Å². The number of nitrogens with one attached hydrogen (secondary N) is 1. The smallest absolute Gasteiger partial charge is 0.409 e. The number of hydrogen-bond donors (Lipinski definition) is 1. The van der Waals surface area contributed by atoms with E-state index in [-0.39, 0.29) is 35.7 Å². The Labute approximate surface area is 181 Å². The van der Waals surface area contributed by atoms with Crippen LogP contribution in [-0.4, -0.2) is 66.2 Å². The van der Waals surface area contributed by atoms with Crippen LogP contribution in [0, 0.1) is 17.8 Å². The van der Waals surface area contributed by atoms with Crippen molar-refractivity contribution in [1.29, 1.82) is 0 Å². The molecule has 6 rings (SSSR count). The zero-order chi connectivity index (χ0) is 21.6. The van der Waals surface area contributed by atoms with Crippen molar-refractivity contribution in [3.05, 3.63) is 29.8 Å². The summed E-state index contributed by atoms with van der Waals surface area (Å²) < 4.78 is 11.5. The van der Waals surface area contributed by atoms with Crippen LogP contribution >= 0.6 is 0 Å². The molecular formula is C23H29N3O5. The summed E-state index contributed by atoms with van der Waals surface area (Å²) in [5, 5.41) is 3.14. The minimum Gasteiger partial charge on any atom is -0.467 e. The molecule has 3 amide bonds. The zero-order valence-electron chi connectivity index (χ0n) is 17.8. The van der Waals surface area contributed by atoms with E-state index in [0.29, 0.717) is 50.5 Å². The third kappa shape index (κ3) is 3.42. The van der Waals surface area contributed by atoms with E-state index in [1.165, 1.54) is 0 Å². The number of benzene rings is 1. The fourth-order valence-corrected chi connectivity index (χ4v) is 5.82. The molecule has 1 saturated heterocycles. The van der Waals surface area contributed by atoms with Crippen molar-refractivity contribution in [1.82, 2.24) is 15.1 Å². The van der Waals surface area contributed by atoms with Crippen LogP contribution in [0.2, 0.25) is 0 Å². The minimum absolute atomic E-state index is 0.0452. The Morgan fingerprint density at radius 2 is 1.90 bits per heavy atom. The Kier molecular flexibility index (Phi) is 5.02. The first-order valence-electron chi connectivity index (χ1n) is 11.3. The molecule has 166 valence electrons. The quantitative estimate of drug-likeness (QED) is 0.782. The standard InChI is InChI=1S/C23H29N3O5/c1-2-30-22(29)26-11-9-25(10-12-26)21(28)18-13-16-8-7-15(18)14-23(16)24-20(27)17-5-3-4-6-19(17)31-23/h3-6,15-16,18H,2,7-14H2,1H3,(H,24,27)/t15-,16+,18-,23+/m1/s1. The molecule has 0 radical (unpaired) electrons. The van der Waals surface area contributed by atoms with Crippen molar-refractivity contribution in [2.45, 2.75) is 38.3 Å². The normalized spacial score (nSPS) is 31.6. The second kappa shape index (κ2) is 7.73. The van der Waals surface area contributed by atoms with E-state index in [1.807, 2.05) is 23.1 Å². The van der Waals surface area contributed by atoms with Gasteiger partial charge in [-0.1, -0.05) is 12.1 Å². The van der Waals surface area contributed by atoms with Gasteiger partial charge in [0.25, 0.3) is 5.91 Å². The number of nitrogens with zero attached hydrogens (tertiary/aromatic N) is 2. The van der Waals surface area contributed by atoms with Crippen molar-refractivity contribution in [2.24, 2.45) is 17.8 Å². The van der Waals surface area contributed by atoms with Gasteiger partial charge in [-0.05, 0) is 44.2 Å². The molecule has 2 heterocycles. The molecule has 8 nitrogen and oxygen atoms in total. The third-order valence-corrected chi connectivity index (χ3v) is 7.40. The topological polar surface area (TPSA) is 88.2 Å². The van der Waals surface area contributed by atoms with Crippen LogP contribution in [0.4, 0.5) is 4.79 Å². The van der Waals surface area contributed by atoms with E-state index in [0.717, 1.165) is 19.3 Å². The highest BCUT2D eigenvalue weighted by Gasteiger charge is 2.57. The van der Waals surface area contributed by atoms with E-state index < -0.39 is 5.72 Å². The molecule has 3 saturated carbocycles. The number of hydrogen-bond acceptors (Lipinski definition) is 5. The first-order valence-corrected chi connectivity index (χ1v) is 11.3. The summed E-state index contributed by atoms with van der Waals surface area (Å²) in [7, 11) is 0. The number of ether oxygens (including phenoxy) is 2. The molecule has 5 aliphatic rings. The summed E-state index contributed by atoms with van der Waals surface area (Å²) in [5.41, 5.74) is -0.130. The lowest BCUT2D eigenvalue weighted by Gasteiger charge is -2.55. The number of carbonyl (C=O) groups excluding carboxylic acids is 3. The van der Waals surface area contributed by atoms with Crippen molar-refractivity contribution in [3.63, 3.8) is 0 Å². The molecule has 2 aliphatic heterocycles. The summed E-state index contributed by atoms with van der Waals surface area (Å²) in [6, 6.07) is 7.35. The molecule has 4 fully saturated rings. The van der Waals surface area contributed by atoms with Crippen molar-refractivity contribution < 1.29 is 23.9 Å². The number of fused-ring (bicyclic) bond motifs is 3. The Balaban J connectivity index is 1.25. The van der Waals surface area contributed by atoms with E-state index in [1.54, 1.807) is 17.9 Å².